The number of alkyl halides is 1. The second kappa shape index (κ2) is 15.8. The third kappa shape index (κ3) is 7.17. The molecule has 2 saturated carbocycles. The van der Waals surface area contributed by atoms with Gasteiger partial charge in [-0.3, -0.25) is 9.59 Å². The highest BCUT2D eigenvalue weighted by atomic mass is 19.1. The largest absolute Gasteiger partial charge is 0.514 e. The summed E-state index contributed by atoms with van der Waals surface area (Å²) in [6.07, 6.45) is -3.15. The Hall–Kier alpha value is -5.66. The Morgan fingerprint density at radius 2 is 1.75 bits per heavy atom. The van der Waals surface area contributed by atoms with Crippen molar-refractivity contribution < 1.29 is 80.9 Å². The van der Waals surface area contributed by atoms with Crippen molar-refractivity contribution >= 4 is 23.7 Å². The second-order valence-corrected chi connectivity index (χ2v) is 17.6. The lowest BCUT2D eigenvalue weighted by Gasteiger charge is -2.62. The normalized spacial score (nSPS) is 33.1. The predicted octanol–water partition coefficient (Wildman–Crippen LogP) is 6.56. The Morgan fingerprint density at radius 3 is 2.46 bits per heavy atom. The van der Waals surface area contributed by atoms with E-state index < -0.39 is 100 Å². The summed E-state index contributed by atoms with van der Waals surface area (Å²) in [6.45, 7) is 5.10. The molecule has 2 heterocycles. The van der Waals surface area contributed by atoms with Crippen molar-refractivity contribution in [2.75, 3.05) is 26.9 Å². The summed E-state index contributed by atoms with van der Waals surface area (Å²) >= 11 is 0. The summed E-state index contributed by atoms with van der Waals surface area (Å²) in [5, 5.41) is 21.4. The lowest BCUT2D eigenvalue weighted by atomic mass is 9.45. The van der Waals surface area contributed by atoms with Gasteiger partial charge in [0.15, 0.2) is 40.9 Å². The Morgan fingerprint density at radius 1 is 1.02 bits per heavy atom. The molecule has 9 atom stereocenters. The molecule has 2 aromatic rings. The van der Waals surface area contributed by atoms with Gasteiger partial charge in [-0.15, -0.1) is 10.1 Å². The molecule has 6 aliphatic rings. The average molecular weight is 884 g/mol. The highest BCUT2D eigenvalue weighted by Gasteiger charge is 2.80. The van der Waals surface area contributed by atoms with Gasteiger partial charge in [-0.25, -0.2) is 18.4 Å². The van der Waals surface area contributed by atoms with Crippen LogP contribution >= 0.6 is 0 Å². The van der Waals surface area contributed by atoms with Gasteiger partial charge in [0.1, 0.15) is 11.6 Å². The lowest BCUT2D eigenvalue weighted by molar-refractivity contribution is -0.757. The third-order valence-electron chi connectivity index (χ3n) is 13.7. The SMILES string of the molecule is COc1ccc(C2Oc3cc(C(=O)OCCCCO[N+](=O)[O-])cc(OC(=O)OCC(=O)[C@@]45OC(C)(C)O[C@@H]4CC4C6CC(F)=C7CC(=O)C=C[C@]7(C)[C@@]6(F)[C@@H](O)C[C@@]45C)c3O2)cc1. The number of ketones is 2. The molecular formula is C44H47F2NO16. The van der Waals surface area contributed by atoms with Crippen LogP contribution in [0.1, 0.15) is 88.4 Å². The number of methoxy groups -OCH3 is 1. The molecule has 0 bridgehead atoms. The molecule has 1 saturated heterocycles. The number of esters is 1. The zero-order valence-corrected chi connectivity index (χ0v) is 35.1. The zero-order valence-electron chi connectivity index (χ0n) is 35.1. The molecular weight excluding hydrogens is 836 g/mol. The first-order valence-electron chi connectivity index (χ1n) is 20.6. The van der Waals surface area contributed by atoms with Gasteiger partial charge in [0, 0.05) is 35.2 Å². The monoisotopic (exact) mass is 883 g/mol. The number of benzene rings is 2. The van der Waals surface area contributed by atoms with Crippen LogP contribution in [-0.4, -0.2) is 90.1 Å². The number of nitrogens with zero attached hydrogens (tertiary/aromatic N) is 1. The number of rotatable bonds is 13. The highest BCUT2D eigenvalue weighted by molar-refractivity contribution is 5.94. The minimum atomic E-state index is -2.41. The first kappa shape index (κ1) is 44.0. The first-order chi connectivity index (χ1) is 29.8. The molecule has 8 rings (SSSR count). The molecule has 4 aliphatic carbocycles. The van der Waals surface area contributed by atoms with Gasteiger partial charge in [-0.2, -0.15) is 0 Å². The van der Waals surface area contributed by atoms with E-state index in [2.05, 4.69) is 4.84 Å². The van der Waals surface area contributed by atoms with Crippen LogP contribution in [0.15, 0.2) is 60.0 Å². The molecule has 17 nitrogen and oxygen atoms in total. The highest BCUT2D eigenvalue weighted by Crippen LogP contribution is 2.72. The fourth-order valence-corrected chi connectivity index (χ4v) is 10.8. The number of ether oxygens (including phenoxy) is 8. The van der Waals surface area contributed by atoms with E-state index in [4.69, 9.17) is 37.9 Å². The minimum absolute atomic E-state index is 0.000151. The Bertz CT molecular complexity index is 2300. The van der Waals surface area contributed by atoms with E-state index >= 15 is 8.78 Å². The van der Waals surface area contributed by atoms with Crippen molar-refractivity contribution in [1.82, 2.24) is 0 Å². The van der Waals surface area contributed by atoms with Gasteiger partial charge in [-0.05, 0) is 100 Å². The quantitative estimate of drug-likeness (QED) is 0.0741. The maximum Gasteiger partial charge on any atom is 0.514 e. The molecule has 3 fully saturated rings. The summed E-state index contributed by atoms with van der Waals surface area (Å²) < 4.78 is 80.2. The van der Waals surface area contributed by atoms with Crippen molar-refractivity contribution in [3.05, 3.63) is 81.2 Å². The Kier molecular flexibility index (Phi) is 11.1. The van der Waals surface area contributed by atoms with Crippen LogP contribution in [0.3, 0.4) is 0 Å². The van der Waals surface area contributed by atoms with Crippen LogP contribution in [0.2, 0.25) is 0 Å². The molecule has 3 unspecified atom stereocenters. The lowest BCUT2D eigenvalue weighted by Crippen LogP contribution is -2.70. The van der Waals surface area contributed by atoms with Gasteiger partial charge in [0.05, 0.1) is 38.1 Å². The van der Waals surface area contributed by atoms with Crippen LogP contribution < -0.4 is 18.9 Å². The Labute approximate surface area is 359 Å². The van der Waals surface area contributed by atoms with Crippen LogP contribution in [0.4, 0.5) is 13.6 Å². The van der Waals surface area contributed by atoms with E-state index in [1.165, 1.54) is 32.3 Å². The van der Waals surface area contributed by atoms with Crippen LogP contribution in [-0.2, 0) is 33.4 Å². The molecule has 19 heteroatoms. The molecule has 63 heavy (non-hydrogen) atoms. The predicted molar refractivity (Wildman–Crippen MR) is 209 cm³/mol. The van der Waals surface area contributed by atoms with Gasteiger partial charge >= 0.3 is 12.1 Å². The number of Topliss-reactive ketones (excluding diaryl/α,β-unsaturated/α-hetero) is 1. The number of allylic oxidation sites excluding steroid dienone is 4. The standard InChI is InChI=1S/C44H47F2NO16/c1-40(2)62-35-20-27-28-19-30(45)29-18-25(48)12-13-41(29,3)43(28,46)33(49)21-42(27,4)44(35,63-40)34(50)22-57-39(52)60-32-17-24(37(51)56-14-6-7-15-58-47(53)54)16-31-36(32)61-38(59-31)23-8-10-26(55-5)11-9-23/h8-13,16-17,27-28,33,35,38,49H,6-7,14-15,18-22H2,1-5H3/t27?,28?,33-,35+,38?,41-,42-,43-,44+/m0/s1. The van der Waals surface area contributed by atoms with Gasteiger partial charge < -0.3 is 47.8 Å². The molecule has 0 radical (unpaired) electrons. The third-order valence-corrected chi connectivity index (χ3v) is 13.7. The molecule has 0 amide bonds. The van der Waals surface area contributed by atoms with E-state index in [1.807, 2.05) is 0 Å². The number of aliphatic hydroxyl groups excluding tert-OH is 1. The van der Waals surface area contributed by atoms with E-state index in [-0.39, 0.29) is 79.5 Å². The number of hydrogen-bond donors (Lipinski definition) is 1. The molecule has 1 N–H and O–H groups in total. The molecule has 2 aliphatic heterocycles. The van der Waals surface area contributed by atoms with Crippen molar-refractivity contribution in [3.63, 3.8) is 0 Å². The maximum absolute atomic E-state index is 17.9. The van der Waals surface area contributed by atoms with Crippen molar-refractivity contribution in [2.24, 2.45) is 22.7 Å². The smallest absolute Gasteiger partial charge is 0.497 e. The number of carbonyl (C=O) groups is 4. The number of hydrogen-bond acceptors (Lipinski definition) is 16. The summed E-state index contributed by atoms with van der Waals surface area (Å²) in [7, 11) is 1.50. The van der Waals surface area contributed by atoms with E-state index in [0.29, 0.717) is 11.3 Å². The molecule has 0 aromatic heterocycles. The van der Waals surface area contributed by atoms with Gasteiger partial charge in [0.2, 0.25) is 11.5 Å². The number of halogens is 2. The Balaban J connectivity index is 1.02. The molecule has 338 valence electrons. The van der Waals surface area contributed by atoms with Crippen LogP contribution in [0.5, 0.6) is 23.0 Å². The number of aliphatic hydroxyl groups is 1. The molecule has 2 aromatic carbocycles. The summed E-state index contributed by atoms with van der Waals surface area (Å²) in [4.78, 5) is 68.4. The number of fused-ring (bicyclic) bond motifs is 8. The fraction of sp³-hybridized carbons (Fsp3) is 0.545. The van der Waals surface area contributed by atoms with E-state index in [0.717, 1.165) is 6.07 Å². The van der Waals surface area contributed by atoms with Crippen molar-refractivity contribution in [2.45, 2.75) is 102 Å². The van der Waals surface area contributed by atoms with Crippen molar-refractivity contribution in [3.8, 4) is 23.0 Å². The van der Waals surface area contributed by atoms with Crippen LogP contribution in [0, 0.1) is 32.8 Å². The topological polar surface area (TPSA) is 215 Å². The summed E-state index contributed by atoms with van der Waals surface area (Å²) in [6, 6.07) is 9.18. The summed E-state index contributed by atoms with van der Waals surface area (Å²) in [5.41, 5.74) is -6.89. The number of unbranched alkanes of at least 4 members (excludes halogenated alkanes) is 1. The first-order valence-corrected chi connectivity index (χ1v) is 20.6. The van der Waals surface area contributed by atoms with Crippen LogP contribution in [0.25, 0.3) is 0 Å². The molecule has 0 spiro atoms. The van der Waals surface area contributed by atoms with E-state index in [9.17, 15) is 34.4 Å². The fourth-order valence-electron chi connectivity index (χ4n) is 10.8. The average Bonchev–Trinajstić information content (AvgIpc) is 3.87. The second-order valence-electron chi connectivity index (χ2n) is 17.6. The number of carbonyl (C=O) groups excluding carboxylic acids is 4. The van der Waals surface area contributed by atoms with Gasteiger partial charge in [0.25, 0.3) is 11.4 Å². The minimum Gasteiger partial charge on any atom is -0.497 e. The van der Waals surface area contributed by atoms with E-state index in [1.54, 1.807) is 45.0 Å². The zero-order chi connectivity index (χ0) is 45.3. The summed E-state index contributed by atoms with van der Waals surface area (Å²) in [5.74, 6) is -5.75. The maximum atomic E-state index is 17.9. The van der Waals surface area contributed by atoms with Crippen molar-refractivity contribution in [1.29, 1.82) is 0 Å². The van der Waals surface area contributed by atoms with Gasteiger partial charge in [-0.1, -0.05) is 13.0 Å².